The molecule has 0 bridgehead atoms. The van der Waals surface area contributed by atoms with Gasteiger partial charge < -0.3 is 14.5 Å². The lowest BCUT2D eigenvalue weighted by Crippen LogP contribution is -2.48. The SMILES string of the molecule is COC(=O)c1sc(C2=CCCCC2)cc1N(C(=O)C1CCC(C)CC1)C1CCC2(CC1)CCN(C(=O)C1CCC(C)CC1)C2. The molecular weight excluding hydrogens is 568 g/mol. The molecule has 3 saturated carbocycles. The van der Waals surface area contributed by atoms with Crippen molar-refractivity contribution in [3.05, 3.63) is 21.9 Å². The highest BCUT2D eigenvalue weighted by atomic mass is 32.1. The number of anilines is 1. The number of allylic oxidation sites excluding steroid dienone is 2. The van der Waals surface area contributed by atoms with Crippen LogP contribution in [-0.2, 0) is 14.3 Å². The highest BCUT2D eigenvalue weighted by Gasteiger charge is 2.46. The first kappa shape index (κ1) is 31.8. The maximum Gasteiger partial charge on any atom is 0.350 e. The Labute approximate surface area is 269 Å². The van der Waals surface area contributed by atoms with Gasteiger partial charge in [0.1, 0.15) is 4.88 Å². The lowest BCUT2D eigenvalue weighted by atomic mass is 9.71. The fourth-order valence-corrected chi connectivity index (χ4v) is 10.1. The number of methoxy groups -OCH3 is 1. The first-order chi connectivity index (χ1) is 21.3. The second kappa shape index (κ2) is 13.7. The number of thiophene rings is 1. The minimum Gasteiger partial charge on any atom is -0.465 e. The summed E-state index contributed by atoms with van der Waals surface area (Å²) in [5.74, 6) is 1.92. The second-order valence-electron chi connectivity index (χ2n) is 15.2. The Bertz CT molecular complexity index is 1230. The molecular formula is C37H54N2O4S. The number of amides is 2. The van der Waals surface area contributed by atoms with E-state index < -0.39 is 0 Å². The van der Waals surface area contributed by atoms with E-state index in [2.05, 4.69) is 35.8 Å². The summed E-state index contributed by atoms with van der Waals surface area (Å²) in [5, 5.41) is 0. The molecule has 6 nitrogen and oxygen atoms in total. The zero-order valence-corrected chi connectivity index (χ0v) is 28.2. The minimum atomic E-state index is -0.336. The van der Waals surface area contributed by atoms with E-state index in [-0.39, 0.29) is 35.2 Å². The summed E-state index contributed by atoms with van der Waals surface area (Å²) < 4.78 is 5.30. The van der Waals surface area contributed by atoms with Gasteiger partial charge in [-0.05, 0) is 138 Å². The topological polar surface area (TPSA) is 66.9 Å². The van der Waals surface area contributed by atoms with E-state index in [1.165, 1.54) is 49.7 Å². The van der Waals surface area contributed by atoms with Gasteiger partial charge in [0.25, 0.3) is 0 Å². The third-order valence-electron chi connectivity index (χ3n) is 12.0. The van der Waals surface area contributed by atoms with Crippen LogP contribution in [0, 0.1) is 29.1 Å². The van der Waals surface area contributed by atoms with Crippen molar-refractivity contribution in [1.29, 1.82) is 0 Å². The van der Waals surface area contributed by atoms with Crippen LogP contribution in [0.4, 0.5) is 5.69 Å². The van der Waals surface area contributed by atoms with E-state index in [1.54, 1.807) is 0 Å². The van der Waals surface area contributed by atoms with Crippen LogP contribution in [0.15, 0.2) is 12.1 Å². The summed E-state index contributed by atoms with van der Waals surface area (Å²) in [6.07, 6.45) is 20.3. The number of esters is 1. The van der Waals surface area contributed by atoms with E-state index in [0.717, 1.165) is 113 Å². The minimum absolute atomic E-state index is 0.0163. The Kier molecular flexibility index (Phi) is 9.90. The molecule has 1 aromatic rings. The molecule has 5 aliphatic rings. The van der Waals surface area contributed by atoms with Crippen molar-refractivity contribution < 1.29 is 19.1 Å². The molecule has 1 aromatic heterocycles. The smallest absolute Gasteiger partial charge is 0.350 e. The van der Waals surface area contributed by atoms with Gasteiger partial charge in [0.15, 0.2) is 0 Å². The van der Waals surface area contributed by atoms with E-state index in [4.69, 9.17) is 4.74 Å². The fourth-order valence-electron chi connectivity index (χ4n) is 8.99. The first-order valence-electron chi connectivity index (χ1n) is 17.8. The normalized spacial score (nSPS) is 32.8. The Morgan fingerprint density at radius 1 is 0.886 bits per heavy atom. The first-order valence-corrected chi connectivity index (χ1v) is 18.6. The van der Waals surface area contributed by atoms with Gasteiger partial charge in [0.05, 0.1) is 12.8 Å². The predicted molar refractivity (Wildman–Crippen MR) is 178 cm³/mol. The summed E-state index contributed by atoms with van der Waals surface area (Å²) in [5.41, 5.74) is 2.26. The number of carbonyl (C=O) groups excluding carboxylic acids is 3. The van der Waals surface area contributed by atoms with Crippen molar-refractivity contribution in [2.45, 2.75) is 129 Å². The average molecular weight is 623 g/mol. The Balaban J connectivity index is 1.22. The molecule has 4 aliphatic carbocycles. The third-order valence-corrected chi connectivity index (χ3v) is 13.2. The summed E-state index contributed by atoms with van der Waals surface area (Å²) in [4.78, 5) is 47.1. The molecule has 0 atom stereocenters. The largest absolute Gasteiger partial charge is 0.465 e. The van der Waals surface area contributed by atoms with Crippen LogP contribution in [0.25, 0.3) is 5.57 Å². The van der Waals surface area contributed by atoms with Crippen molar-refractivity contribution in [1.82, 2.24) is 4.90 Å². The molecule has 2 heterocycles. The molecule has 44 heavy (non-hydrogen) atoms. The zero-order chi connectivity index (χ0) is 30.8. The molecule has 2 amide bonds. The van der Waals surface area contributed by atoms with E-state index >= 15 is 0 Å². The molecule has 7 heteroatoms. The van der Waals surface area contributed by atoms with Crippen LogP contribution in [0.5, 0.6) is 0 Å². The van der Waals surface area contributed by atoms with Crippen LogP contribution in [0.1, 0.15) is 138 Å². The molecule has 6 rings (SSSR count). The van der Waals surface area contributed by atoms with Gasteiger partial charge in [-0.15, -0.1) is 11.3 Å². The van der Waals surface area contributed by atoms with Gasteiger partial charge in [-0.25, -0.2) is 4.79 Å². The number of likely N-dealkylation sites (tertiary alicyclic amines) is 1. The standard InChI is InChI=1S/C37H54N2O4S/c1-25-9-13-28(14-10-25)34(40)38-22-21-37(24-38)19-17-30(18-20-37)39(35(41)29-15-11-26(2)12-16-29)31-23-32(27-7-5-4-6-8-27)44-33(31)36(42)43-3/h7,23,25-26,28-30H,4-6,8-22,24H2,1-3H3. The van der Waals surface area contributed by atoms with Crippen LogP contribution < -0.4 is 4.90 Å². The third kappa shape index (κ3) is 6.69. The number of hydrogen-bond acceptors (Lipinski definition) is 5. The van der Waals surface area contributed by atoms with Crippen LogP contribution in [0.3, 0.4) is 0 Å². The Morgan fingerprint density at radius 2 is 1.55 bits per heavy atom. The molecule has 1 saturated heterocycles. The van der Waals surface area contributed by atoms with Crippen LogP contribution in [0.2, 0.25) is 0 Å². The van der Waals surface area contributed by atoms with Gasteiger partial charge >= 0.3 is 5.97 Å². The maximum atomic E-state index is 14.5. The number of hydrogen-bond donors (Lipinski definition) is 0. The number of carbonyl (C=O) groups is 3. The van der Waals surface area contributed by atoms with Gasteiger partial charge in [0.2, 0.25) is 11.8 Å². The molecule has 242 valence electrons. The van der Waals surface area contributed by atoms with Gasteiger partial charge in [-0.2, -0.15) is 0 Å². The molecule has 1 spiro atoms. The zero-order valence-electron chi connectivity index (χ0n) is 27.4. The van der Waals surface area contributed by atoms with Crippen LogP contribution in [-0.4, -0.2) is 48.9 Å². The van der Waals surface area contributed by atoms with Crippen molar-refractivity contribution in [3.63, 3.8) is 0 Å². The van der Waals surface area contributed by atoms with Crippen molar-refractivity contribution in [2.24, 2.45) is 29.1 Å². The molecule has 0 unspecified atom stereocenters. The lowest BCUT2D eigenvalue weighted by molar-refractivity contribution is -0.136. The van der Waals surface area contributed by atoms with E-state index in [0.29, 0.717) is 16.7 Å². The molecule has 0 aromatic carbocycles. The number of rotatable bonds is 6. The molecule has 1 aliphatic heterocycles. The van der Waals surface area contributed by atoms with Gasteiger partial charge in [-0.1, -0.05) is 19.9 Å². The van der Waals surface area contributed by atoms with Crippen molar-refractivity contribution in [2.75, 3.05) is 25.1 Å². The summed E-state index contributed by atoms with van der Waals surface area (Å²) >= 11 is 1.51. The highest BCUT2D eigenvalue weighted by molar-refractivity contribution is 7.15. The Morgan fingerprint density at radius 3 is 2.16 bits per heavy atom. The van der Waals surface area contributed by atoms with Crippen molar-refractivity contribution >= 4 is 40.4 Å². The van der Waals surface area contributed by atoms with Crippen molar-refractivity contribution in [3.8, 4) is 0 Å². The summed E-state index contributed by atoms with van der Waals surface area (Å²) in [6, 6.07) is 2.21. The maximum absolute atomic E-state index is 14.5. The molecule has 0 radical (unpaired) electrons. The second-order valence-corrected chi connectivity index (χ2v) is 16.2. The van der Waals surface area contributed by atoms with Gasteiger partial charge in [0, 0.05) is 35.8 Å². The van der Waals surface area contributed by atoms with E-state index in [9.17, 15) is 14.4 Å². The summed E-state index contributed by atoms with van der Waals surface area (Å²) in [6.45, 7) is 6.37. The quantitative estimate of drug-likeness (QED) is 0.298. The van der Waals surface area contributed by atoms with Gasteiger partial charge in [-0.3, -0.25) is 9.59 Å². The number of ether oxygens (including phenoxy) is 1. The summed E-state index contributed by atoms with van der Waals surface area (Å²) in [7, 11) is 1.45. The molecule has 0 N–H and O–H groups in total. The fraction of sp³-hybridized carbons (Fsp3) is 0.757. The Hall–Kier alpha value is -2.15. The monoisotopic (exact) mass is 622 g/mol. The lowest BCUT2D eigenvalue weighted by Gasteiger charge is -2.43. The highest BCUT2D eigenvalue weighted by Crippen LogP contribution is 2.48. The average Bonchev–Trinajstić information content (AvgIpc) is 3.68. The predicted octanol–water partition coefficient (Wildman–Crippen LogP) is 8.64. The van der Waals surface area contributed by atoms with E-state index in [1.807, 2.05) is 0 Å². The molecule has 4 fully saturated rings. The number of nitrogens with zero attached hydrogens (tertiary/aromatic N) is 2. The van der Waals surface area contributed by atoms with Crippen LogP contribution >= 0.6 is 11.3 Å².